The van der Waals surface area contributed by atoms with Crippen LogP contribution in [0.1, 0.15) is 0 Å². The number of imide groups is 2. The van der Waals surface area contributed by atoms with E-state index in [0.29, 0.717) is 48.5 Å². The molecule has 2 aromatic carbocycles. The second-order valence-electron chi connectivity index (χ2n) is 10.7. The van der Waals surface area contributed by atoms with Crippen molar-refractivity contribution < 1.29 is 80.4 Å². The number of carbonyl (C=O) groups excluding carboxylic acids is 4. The summed E-state index contributed by atoms with van der Waals surface area (Å²) in [4.78, 5) is 51.9. The van der Waals surface area contributed by atoms with Crippen LogP contribution in [0.2, 0.25) is 0 Å². The number of nitrogens with zero attached hydrogens (tertiary/aromatic N) is 2. The number of allylic oxidation sites excluding steroid dienone is 2. The predicted octanol–water partition coefficient (Wildman–Crippen LogP) is 2.44. The van der Waals surface area contributed by atoms with Crippen LogP contribution in [0, 0.1) is 35.5 Å². The van der Waals surface area contributed by atoms with Crippen LogP contribution in [-0.2, 0) is 48.0 Å². The summed E-state index contributed by atoms with van der Waals surface area (Å²) in [6, 6.07) is 5.22. The number of carbonyl (C=O) groups is 4. The first-order chi connectivity index (χ1) is 22.2. The predicted molar refractivity (Wildman–Crippen MR) is 137 cm³/mol. The summed E-state index contributed by atoms with van der Waals surface area (Å²) < 4.78 is 143. The quantitative estimate of drug-likeness (QED) is 0.221. The first kappa shape index (κ1) is 33.4. The van der Waals surface area contributed by atoms with Gasteiger partial charge in [-0.1, -0.05) is 12.2 Å². The maximum Gasteiger partial charge on any atom is 0.573 e. The molecular weight excluding hydrogens is 710 g/mol. The number of alkyl halides is 6. The SMILES string of the molecule is O=C1C2C3C=CC(C2C(=O)N1OS(=O)(=O)c1ccc(OC(F)(F)F)cc1)C1C(=O)N(OS(=O)(=O)c2ccc(OC(F)(F)F)cc2)C(=O)C31. The van der Waals surface area contributed by atoms with E-state index >= 15 is 0 Å². The van der Waals surface area contributed by atoms with Crippen molar-refractivity contribution in [1.82, 2.24) is 10.1 Å². The Morgan fingerprint density at radius 2 is 0.771 bits per heavy atom. The van der Waals surface area contributed by atoms with Gasteiger partial charge in [0.15, 0.2) is 0 Å². The normalized spacial score (nSPS) is 27.0. The summed E-state index contributed by atoms with van der Waals surface area (Å²) in [7, 11) is -10.0. The third-order valence-corrected chi connectivity index (χ3v) is 10.4. The van der Waals surface area contributed by atoms with Gasteiger partial charge in [0, 0.05) is 11.8 Å². The molecule has 4 atom stereocenters. The van der Waals surface area contributed by atoms with Gasteiger partial charge in [0.25, 0.3) is 23.6 Å². The molecule has 0 aromatic heterocycles. The van der Waals surface area contributed by atoms with Crippen LogP contribution >= 0.6 is 0 Å². The van der Waals surface area contributed by atoms with E-state index in [1.54, 1.807) is 0 Å². The van der Waals surface area contributed by atoms with Crippen LogP contribution in [0.4, 0.5) is 26.3 Å². The topological polar surface area (TPSA) is 180 Å². The van der Waals surface area contributed by atoms with Crippen molar-refractivity contribution in [1.29, 1.82) is 0 Å². The first-order valence-electron chi connectivity index (χ1n) is 13.2. The van der Waals surface area contributed by atoms with Crippen LogP contribution in [0.3, 0.4) is 0 Å². The van der Waals surface area contributed by atoms with Gasteiger partial charge in [-0.2, -0.15) is 16.8 Å². The molecule has 0 radical (unpaired) electrons. The summed E-state index contributed by atoms with van der Waals surface area (Å²) in [6.07, 6.45) is -7.48. The van der Waals surface area contributed by atoms with E-state index in [1.165, 1.54) is 12.2 Å². The number of hydroxylamine groups is 4. The maximum absolute atomic E-state index is 13.4. The van der Waals surface area contributed by atoms with Crippen molar-refractivity contribution in [3.8, 4) is 11.5 Å². The molecule has 4 unspecified atom stereocenters. The summed E-state index contributed by atoms with van der Waals surface area (Å²) in [5, 5.41) is -0.142. The van der Waals surface area contributed by atoms with E-state index < -0.39 is 113 Å². The highest BCUT2D eigenvalue weighted by Gasteiger charge is 2.70. The van der Waals surface area contributed by atoms with Gasteiger partial charge in [0.05, 0.1) is 33.5 Å². The number of amides is 4. The number of rotatable bonds is 8. The highest BCUT2D eigenvalue weighted by atomic mass is 32.2. The highest BCUT2D eigenvalue weighted by molar-refractivity contribution is 7.87. The van der Waals surface area contributed by atoms with Crippen LogP contribution < -0.4 is 9.47 Å². The molecule has 2 aromatic rings. The largest absolute Gasteiger partial charge is 0.573 e. The lowest BCUT2D eigenvalue weighted by atomic mass is 9.54. The average molecular weight is 727 g/mol. The van der Waals surface area contributed by atoms with Gasteiger partial charge in [-0.15, -0.1) is 45.0 Å². The van der Waals surface area contributed by atoms with Gasteiger partial charge in [-0.3, -0.25) is 19.2 Å². The Labute approximate surface area is 264 Å². The smallest absolute Gasteiger partial charge is 0.406 e. The monoisotopic (exact) mass is 726 g/mol. The van der Waals surface area contributed by atoms with Crippen molar-refractivity contribution in [2.45, 2.75) is 22.5 Å². The molecule has 2 saturated heterocycles. The highest BCUT2D eigenvalue weighted by Crippen LogP contribution is 2.58. The second-order valence-corrected chi connectivity index (χ2v) is 13.7. The number of hydrogen-bond donors (Lipinski definition) is 0. The molecule has 48 heavy (non-hydrogen) atoms. The Morgan fingerprint density at radius 3 is 1.02 bits per heavy atom. The fraction of sp³-hybridized carbons (Fsp3) is 0.308. The molecule has 2 heterocycles. The van der Waals surface area contributed by atoms with E-state index in [9.17, 15) is 62.4 Å². The standard InChI is InChI=1S/C26H16F6N2O12S2/c27-25(28,29)43-11-1-5-13(6-2-11)47(39,40)45-33-21(35)17-15-9-10-16(18(17)22(33)36)20-19(15)23(37)34(24(20)38)46-48(41,42)14-7-3-12(4-8-14)44-26(30,31)32/h1-10,15-20H. The van der Waals surface area contributed by atoms with E-state index in [1.807, 2.05) is 0 Å². The van der Waals surface area contributed by atoms with Gasteiger partial charge in [-0.05, 0) is 48.5 Å². The maximum atomic E-state index is 13.4. The van der Waals surface area contributed by atoms with Crippen LogP contribution in [0.25, 0.3) is 0 Å². The minimum atomic E-state index is -5.07. The third-order valence-electron chi connectivity index (χ3n) is 7.97. The minimum absolute atomic E-state index is 0.0708. The van der Waals surface area contributed by atoms with E-state index in [2.05, 4.69) is 9.47 Å². The lowest BCUT2D eigenvalue weighted by Gasteiger charge is -2.44. The number of benzene rings is 2. The van der Waals surface area contributed by atoms with Gasteiger partial charge >= 0.3 is 33.0 Å². The summed E-state index contributed by atoms with van der Waals surface area (Å²) in [6.45, 7) is 0. The van der Waals surface area contributed by atoms with Crippen molar-refractivity contribution in [3.05, 3.63) is 60.7 Å². The molecule has 0 spiro atoms. The first-order valence-corrected chi connectivity index (χ1v) is 16.0. The Balaban J connectivity index is 1.20. The summed E-state index contributed by atoms with van der Waals surface area (Å²) >= 11 is 0. The molecule has 0 N–H and O–H groups in total. The minimum Gasteiger partial charge on any atom is -0.406 e. The zero-order chi connectivity index (χ0) is 35.1. The fourth-order valence-corrected chi connectivity index (χ4v) is 8.01. The molecule has 22 heteroatoms. The van der Waals surface area contributed by atoms with E-state index in [0.717, 1.165) is 0 Å². The molecule has 256 valence electrons. The molecule has 3 fully saturated rings. The summed E-state index contributed by atoms with van der Waals surface area (Å²) in [5.74, 6) is -14.7. The summed E-state index contributed by atoms with van der Waals surface area (Å²) in [5.41, 5.74) is 0. The zero-order valence-electron chi connectivity index (χ0n) is 23.1. The Morgan fingerprint density at radius 1 is 0.500 bits per heavy atom. The van der Waals surface area contributed by atoms with Crippen LogP contribution in [-0.4, -0.2) is 63.3 Å². The van der Waals surface area contributed by atoms with Crippen molar-refractivity contribution in [2.24, 2.45) is 35.5 Å². The van der Waals surface area contributed by atoms with Crippen molar-refractivity contribution >= 4 is 43.9 Å². The van der Waals surface area contributed by atoms with Gasteiger partial charge < -0.3 is 9.47 Å². The Hall–Kier alpha value is -4.54. The molecule has 1 saturated carbocycles. The van der Waals surface area contributed by atoms with Crippen LogP contribution in [0.15, 0.2) is 70.5 Å². The lowest BCUT2D eigenvalue weighted by Crippen LogP contribution is -2.50. The average Bonchev–Trinajstić information content (AvgIpc) is 3.38. The molecular formula is C26H16F6N2O12S2. The van der Waals surface area contributed by atoms with E-state index in [4.69, 9.17) is 8.57 Å². The van der Waals surface area contributed by atoms with Crippen molar-refractivity contribution in [3.63, 3.8) is 0 Å². The second kappa shape index (κ2) is 11.0. The zero-order valence-corrected chi connectivity index (χ0v) is 24.7. The molecule has 14 nitrogen and oxygen atoms in total. The fourth-order valence-electron chi connectivity index (χ4n) is 6.22. The molecule has 7 rings (SSSR count). The molecule has 4 amide bonds. The van der Waals surface area contributed by atoms with Gasteiger partial charge in [0.1, 0.15) is 11.5 Å². The van der Waals surface area contributed by atoms with E-state index in [-0.39, 0.29) is 10.1 Å². The number of halogens is 6. The number of hydrogen-bond acceptors (Lipinski definition) is 12. The molecule has 2 aliphatic heterocycles. The Kier molecular flexibility index (Phi) is 7.65. The molecule has 3 aliphatic carbocycles. The van der Waals surface area contributed by atoms with Crippen LogP contribution in [0.5, 0.6) is 11.5 Å². The van der Waals surface area contributed by atoms with Gasteiger partial charge in [0.2, 0.25) is 0 Å². The molecule has 5 aliphatic rings. The third kappa shape index (κ3) is 5.77. The van der Waals surface area contributed by atoms with Crippen molar-refractivity contribution in [2.75, 3.05) is 0 Å². The Bertz CT molecular complexity index is 1780. The van der Waals surface area contributed by atoms with Gasteiger partial charge in [-0.25, -0.2) is 0 Å². The number of ether oxygens (including phenoxy) is 2. The lowest BCUT2D eigenvalue weighted by molar-refractivity contribution is -0.275. The molecule has 2 bridgehead atoms.